The molecular formula is C13H18N4O. The Morgan fingerprint density at radius 1 is 1.33 bits per heavy atom. The lowest BCUT2D eigenvalue weighted by molar-refractivity contribution is 0.297. The molecule has 0 spiro atoms. The van der Waals surface area contributed by atoms with Crippen molar-refractivity contribution in [3.63, 3.8) is 0 Å². The Labute approximate surface area is 107 Å². The lowest BCUT2D eigenvalue weighted by Crippen LogP contribution is -2.12. The van der Waals surface area contributed by atoms with Gasteiger partial charge in [0.2, 0.25) is 0 Å². The molecule has 18 heavy (non-hydrogen) atoms. The van der Waals surface area contributed by atoms with Crippen molar-refractivity contribution in [1.82, 2.24) is 20.3 Å². The largest absolute Gasteiger partial charge is 0.487 e. The van der Waals surface area contributed by atoms with Crippen molar-refractivity contribution in [2.45, 2.75) is 20.1 Å². The normalized spacial score (nSPS) is 10.6. The molecule has 0 atom stereocenters. The number of nitrogens with one attached hydrogen (secondary N) is 1. The molecule has 1 aromatic heterocycles. The van der Waals surface area contributed by atoms with Crippen LogP contribution in [-0.2, 0) is 20.2 Å². The van der Waals surface area contributed by atoms with Gasteiger partial charge in [-0.1, -0.05) is 30.3 Å². The van der Waals surface area contributed by atoms with Gasteiger partial charge in [-0.3, -0.25) is 4.68 Å². The van der Waals surface area contributed by atoms with Gasteiger partial charge in [0.1, 0.15) is 18.1 Å². The minimum absolute atomic E-state index is 0.441. The van der Waals surface area contributed by atoms with E-state index < -0.39 is 0 Å². The van der Waals surface area contributed by atoms with E-state index in [0.29, 0.717) is 6.61 Å². The minimum Gasteiger partial charge on any atom is -0.487 e. The summed E-state index contributed by atoms with van der Waals surface area (Å²) >= 11 is 0. The maximum absolute atomic E-state index is 5.78. The van der Waals surface area contributed by atoms with Gasteiger partial charge in [0, 0.05) is 19.2 Å². The Morgan fingerprint density at radius 2 is 2.17 bits per heavy atom. The van der Waals surface area contributed by atoms with Crippen LogP contribution in [0.1, 0.15) is 18.2 Å². The smallest absolute Gasteiger partial charge is 0.134 e. The van der Waals surface area contributed by atoms with Crippen molar-refractivity contribution in [3.05, 3.63) is 41.7 Å². The SMILES string of the molecule is CCNCc1ccccc1OCc1cn(C)nn1. The fourth-order valence-corrected chi connectivity index (χ4v) is 1.66. The maximum atomic E-state index is 5.78. The van der Waals surface area contributed by atoms with Crippen LogP contribution in [0.5, 0.6) is 5.75 Å². The molecule has 0 saturated heterocycles. The first kappa shape index (κ1) is 12.6. The summed E-state index contributed by atoms with van der Waals surface area (Å²) in [6.07, 6.45) is 1.85. The van der Waals surface area contributed by atoms with Crippen LogP contribution in [0.25, 0.3) is 0 Å². The monoisotopic (exact) mass is 246 g/mol. The Kier molecular flexibility index (Phi) is 4.30. The summed E-state index contributed by atoms with van der Waals surface area (Å²) in [5, 5.41) is 11.2. The minimum atomic E-state index is 0.441. The van der Waals surface area contributed by atoms with Crippen LogP contribution in [-0.4, -0.2) is 21.5 Å². The Morgan fingerprint density at radius 3 is 2.89 bits per heavy atom. The summed E-state index contributed by atoms with van der Waals surface area (Å²) in [7, 11) is 1.84. The van der Waals surface area contributed by atoms with Crippen molar-refractivity contribution in [1.29, 1.82) is 0 Å². The Bertz CT molecular complexity index is 495. The van der Waals surface area contributed by atoms with Crippen LogP contribution in [0.3, 0.4) is 0 Å². The van der Waals surface area contributed by atoms with E-state index in [1.807, 2.05) is 31.4 Å². The van der Waals surface area contributed by atoms with Gasteiger partial charge in [-0.15, -0.1) is 5.10 Å². The molecule has 0 saturated carbocycles. The molecule has 2 rings (SSSR count). The average molecular weight is 246 g/mol. The van der Waals surface area contributed by atoms with Crippen LogP contribution in [0.15, 0.2) is 30.5 Å². The maximum Gasteiger partial charge on any atom is 0.134 e. The van der Waals surface area contributed by atoms with Crippen molar-refractivity contribution in [3.8, 4) is 5.75 Å². The fourth-order valence-electron chi connectivity index (χ4n) is 1.66. The second-order valence-corrected chi connectivity index (χ2v) is 4.06. The van der Waals surface area contributed by atoms with E-state index in [4.69, 9.17) is 4.74 Å². The molecule has 1 aromatic carbocycles. The molecule has 0 bridgehead atoms. The predicted octanol–water partition coefficient (Wildman–Crippen LogP) is 1.50. The lowest BCUT2D eigenvalue weighted by Gasteiger charge is -2.10. The first-order valence-corrected chi connectivity index (χ1v) is 6.06. The lowest BCUT2D eigenvalue weighted by atomic mass is 10.2. The average Bonchev–Trinajstić information content (AvgIpc) is 2.81. The number of rotatable bonds is 6. The Hall–Kier alpha value is -1.88. The molecule has 0 aliphatic rings. The summed E-state index contributed by atoms with van der Waals surface area (Å²) < 4.78 is 7.45. The molecule has 2 aromatic rings. The molecule has 96 valence electrons. The van der Waals surface area contributed by atoms with Gasteiger partial charge in [0.25, 0.3) is 0 Å². The third kappa shape index (κ3) is 3.30. The van der Waals surface area contributed by atoms with E-state index >= 15 is 0 Å². The number of para-hydroxylation sites is 1. The van der Waals surface area contributed by atoms with Crippen LogP contribution < -0.4 is 10.1 Å². The third-order valence-corrected chi connectivity index (χ3v) is 2.56. The molecule has 0 aliphatic heterocycles. The topological polar surface area (TPSA) is 52.0 Å². The van der Waals surface area contributed by atoms with Crippen molar-refractivity contribution < 1.29 is 4.74 Å². The molecule has 1 heterocycles. The highest BCUT2D eigenvalue weighted by Gasteiger charge is 2.04. The van der Waals surface area contributed by atoms with Gasteiger partial charge in [-0.05, 0) is 12.6 Å². The standard InChI is InChI=1S/C13H18N4O/c1-3-14-8-11-6-4-5-7-13(11)18-10-12-9-17(2)16-15-12/h4-7,9,14H,3,8,10H2,1-2H3. The van der Waals surface area contributed by atoms with Crippen molar-refractivity contribution in [2.24, 2.45) is 7.05 Å². The number of aryl methyl sites for hydroxylation is 1. The Balaban J connectivity index is 1.99. The molecule has 0 aliphatic carbocycles. The van der Waals surface area contributed by atoms with E-state index in [0.717, 1.165) is 30.1 Å². The van der Waals surface area contributed by atoms with Gasteiger partial charge < -0.3 is 10.1 Å². The molecule has 0 amide bonds. The molecule has 5 heteroatoms. The predicted molar refractivity (Wildman–Crippen MR) is 69.2 cm³/mol. The van der Waals surface area contributed by atoms with E-state index in [-0.39, 0.29) is 0 Å². The number of hydrogen-bond acceptors (Lipinski definition) is 4. The fraction of sp³-hybridized carbons (Fsp3) is 0.385. The van der Waals surface area contributed by atoms with Gasteiger partial charge in [0.05, 0.1) is 6.20 Å². The highest BCUT2D eigenvalue weighted by Crippen LogP contribution is 2.18. The number of benzene rings is 1. The van der Waals surface area contributed by atoms with Crippen LogP contribution in [0, 0.1) is 0 Å². The molecule has 5 nitrogen and oxygen atoms in total. The van der Waals surface area contributed by atoms with Gasteiger partial charge in [-0.2, -0.15) is 0 Å². The zero-order chi connectivity index (χ0) is 12.8. The first-order valence-electron chi connectivity index (χ1n) is 6.06. The van der Waals surface area contributed by atoms with Crippen LogP contribution >= 0.6 is 0 Å². The van der Waals surface area contributed by atoms with E-state index in [9.17, 15) is 0 Å². The van der Waals surface area contributed by atoms with Gasteiger partial charge in [-0.25, -0.2) is 0 Å². The molecule has 0 radical (unpaired) electrons. The zero-order valence-electron chi connectivity index (χ0n) is 10.8. The summed E-state index contributed by atoms with van der Waals surface area (Å²) in [5.41, 5.74) is 1.99. The van der Waals surface area contributed by atoms with Gasteiger partial charge in [0.15, 0.2) is 0 Å². The summed E-state index contributed by atoms with van der Waals surface area (Å²) in [5.74, 6) is 0.893. The van der Waals surface area contributed by atoms with Crippen molar-refractivity contribution in [2.75, 3.05) is 6.54 Å². The second kappa shape index (κ2) is 6.16. The molecule has 0 fully saturated rings. The van der Waals surface area contributed by atoms with E-state index in [1.54, 1.807) is 4.68 Å². The second-order valence-electron chi connectivity index (χ2n) is 4.06. The molecule has 0 unspecified atom stereocenters. The van der Waals surface area contributed by atoms with Crippen LogP contribution in [0.2, 0.25) is 0 Å². The quantitative estimate of drug-likeness (QED) is 0.839. The van der Waals surface area contributed by atoms with Crippen LogP contribution in [0.4, 0.5) is 0 Å². The van der Waals surface area contributed by atoms with Crippen molar-refractivity contribution >= 4 is 0 Å². The van der Waals surface area contributed by atoms with Gasteiger partial charge >= 0.3 is 0 Å². The highest BCUT2D eigenvalue weighted by molar-refractivity contribution is 5.33. The zero-order valence-corrected chi connectivity index (χ0v) is 10.8. The molecular weight excluding hydrogens is 228 g/mol. The summed E-state index contributed by atoms with van der Waals surface area (Å²) in [6, 6.07) is 8.03. The first-order chi connectivity index (χ1) is 8.79. The number of ether oxygens (including phenoxy) is 1. The van der Waals surface area contributed by atoms with E-state index in [1.165, 1.54) is 0 Å². The highest BCUT2D eigenvalue weighted by atomic mass is 16.5. The number of aromatic nitrogens is 3. The summed E-state index contributed by atoms with van der Waals surface area (Å²) in [6.45, 7) is 4.28. The molecule has 1 N–H and O–H groups in total. The number of nitrogens with zero attached hydrogens (tertiary/aromatic N) is 3. The third-order valence-electron chi connectivity index (χ3n) is 2.56. The summed E-state index contributed by atoms with van der Waals surface area (Å²) in [4.78, 5) is 0. The number of hydrogen-bond donors (Lipinski definition) is 1. The van der Waals surface area contributed by atoms with E-state index in [2.05, 4.69) is 28.6 Å².